The van der Waals surface area contributed by atoms with Gasteiger partial charge in [0.1, 0.15) is 34.1 Å². The highest BCUT2D eigenvalue weighted by molar-refractivity contribution is 6.24. The van der Waals surface area contributed by atoms with Crippen molar-refractivity contribution < 1.29 is 59.0 Å². The molecule has 4 aliphatic rings. The number of methoxy groups -OCH3 is 1. The molecule has 5 N–H and O–H groups in total. The highest BCUT2D eigenvalue weighted by atomic mass is 16.5. The number of allylic oxidation sites excluding steroid dienone is 2. The lowest BCUT2D eigenvalue weighted by Gasteiger charge is -2.44. The van der Waals surface area contributed by atoms with E-state index < -0.39 is 93.7 Å². The highest BCUT2D eigenvalue weighted by Crippen LogP contribution is 2.59. The second-order valence-corrected chi connectivity index (χ2v) is 12.5. The number of carbonyl (C=O) groups excluding carboxylic acids is 4. The predicted molar refractivity (Wildman–Crippen MR) is 167 cm³/mol. The first-order valence-corrected chi connectivity index (χ1v) is 15.3. The van der Waals surface area contributed by atoms with E-state index in [1.54, 1.807) is 12.1 Å². The third kappa shape index (κ3) is 4.62. The fraction of sp³-hybridized carbons (Fsp3) is 0.257. The smallest absolute Gasteiger partial charge is 0.339 e. The summed E-state index contributed by atoms with van der Waals surface area (Å²) in [6, 6.07) is 11.1. The summed E-state index contributed by atoms with van der Waals surface area (Å²) in [7, 11) is 1.38. The summed E-state index contributed by atoms with van der Waals surface area (Å²) in [5.41, 5.74) is 0.204. The molecule has 3 aromatic carbocycles. The van der Waals surface area contributed by atoms with Gasteiger partial charge in [-0.25, -0.2) is 19.4 Å². The van der Waals surface area contributed by atoms with Gasteiger partial charge in [-0.2, -0.15) is 0 Å². The molecule has 2 saturated heterocycles. The normalized spacial score (nSPS) is 25.9. The number of amides is 4. The minimum Gasteiger partial charge on any atom is -0.508 e. The number of carboxylic acid groups (broad SMARTS) is 2. The molecule has 6 atom stereocenters. The molecule has 3 fully saturated rings. The Morgan fingerprint density at radius 1 is 0.694 bits per heavy atom. The number of aromatic carboxylic acids is 2. The highest BCUT2D eigenvalue weighted by Gasteiger charge is 2.62. The van der Waals surface area contributed by atoms with Gasteiger partial charge >= 0.3 is 11.9 Å². The van der Waals surface area contributed by atoms with Gasteiger partial charge in [0, 0.05) is 29.7 Å². The van der Waals surface area contributed by atoms with E-state index in [1.807, 2.05) is 0 Å². The number of imide groups is 2. The van der Waals surface area contributed by atoms with E-state index in [0.717, 1.165) is 34.1 Å². The molecule has 4 amide bonds. The lowest BCUT2D eigenvalue weighted by atomic mass is 9.57. The number of phenolic OH excluding ortho intramolecular Hbond substituents is 1. The number of carbonyl (C=O) groups is 6. The molecule has 250 valence electrons. The molecule has 7 rings (SSSR count). The van der Waals surface area contributed by atoms with E-state index in [4.69, 9.17) is 4.74 Å². The predicted octanol–water partition coefficient (Wildman–Crippen LogP) is 3.25. The first-order chi connectivity index (χ1) is 23.3. The lowest BCUT2D eigenvalue weighted by molar-refractivity contribution is -0.126. The van der Waals surface area contributed by atoms with Crippen molar-refractivity contribution in [2.75, 3.05) is 16.9 Å². The van der Waals surface area contributed by atoms with Gasteiger partial charge < -0.3 is 30.3 Å². The number of carboxylic acids is 2. The summed E-state index contributed by atoms with van der Waals surface area (Å²) >= 11 is 0. The number of hydrogen-bond acceptors (Lipinski definition) is 10. The summed E-state index contributed by atoms with van der Waals surface area (Å²) in [5.74, 6) is -11.8. The van der Waals surface area contributed by atoms with E-state index in [1.165, 1.54) is 31.4 Å². The van der Waals surface area contributed by atoms with Gasteiger partial charge in [-0.15, -0.1) is 0 Å². The van der Waals surface area contributed by atoms with Crippen molar-refractivity contribution in [3.63, 3.8) is 0 Å². The molecular formula is C35H28N2O12. The largest absolute Gasteiger partial charge is 0.508 e. The number of phenols is 3. The van der Waals surface area contributed by atoms with Crippen LogP contribution in [0.1, 0.15) is 45.0 Å². The van der Waals surface area contributed by atoms with Gasteiger partial charge in [-0.05, 0) is 49.1 Å². The van der Waals surface area contributed by atoms with Gasteiger partial charge in [0.2, 0.25) is 23.6 Å². The van der Waals surface area contributed by atoms with E-state index >= 15 is 0 Å². The van der Waals surface area contributed by atoms with Crippen molar-refractivity contribution >= 4 is 46.9 Å². The second kappa shape index (κ2) is 11.2. The Balaban J connectivity index is 1.33. The maximum atomic E-state index is 14.3. The maximum absolute atomic E-state index is 14.3. The van der Waals surface area contributed by atoms with Crippen molar-refractivity contribution in [3.05, 3.63) is 82.9 Å². The molecule has 0 spiro atoms. The van der Waals surface area contributed by atoms with Crippen LogP contribution in [0, 0.1) is 29.6 Å². The molecule has 0 radical (unpaired) electrons. The molecule has 14 heteroatoms. The molecule has 3 aromatic rings. The SMILES string of the molecule is COc1cc(O)ccc1[C@H]1C2=CC[C@@H]3C(=O)N(c4ccc(C(=O)O)c(O)c4)C(=O)[C@@H]3[C@@H]2C[C@H]2C(=O)N(c3ccc(C(=O)O)c(O)c3)C(=O)[C@@H]12. The quantitative estimate of drug-likeness (QED) is 0.189. The summed E-state index contributed by atoms with van der Waals surface area (Å²) in [6.07, 6.45) is 1.92. The number of rotatable bonds is 6. The van der Waals surface area contributed by atoms with Crippen molar-refractivity contribution in [1.29, 1.82) is 0 Å². The molecular weight excluding hydrogens is 640 g/mol. The summed E-state index contributed by atoms with van der Waals surface area (Å²) < 4.78 is 5.59. The molecule has 14 nitrogen and oxygen atoms in total. The van der Waals surface area contributed by atoms with Crippen molar-refractivity contribution in [2.24, 2.45) is 29.6 Å². The molecule has 2 heterocycles. The van der Waals surface area contributed by atoms with Crippen molar-refractivity contribution in [2.45, 2.75) is 18.8 Å². The van der Waals surface area contributed by atoms with Gasteiger partial charge in [-0.3, -0.25) is 19.2 Å². The zero-order valence-corrected chi connectivity index (χ0v) is 25.6. The van der Waals surface area contributed by atoms with Crippen molar-refractivity contribution in [3.8, 4) is 23.0 Å². The van der Waals surface area contributed by atoms with Crippen LogP contribution in [-0.4, -0.2) is 68.2 Å². The zero-order chi connectivity index (χ0) is 35.0. The average Bonchev–Trinajstić information content (AvgIpc) is 3.46. The number of aromatic hydroxyl groups is 3. The van der Waals surface area contributed by atoms with Crippen molar-refractivity contribution in [1.82, 2.24) is 0 Å². The summed E-state index contributed by atoms with van der Waals surface area (Å²) in [6.45, 7) is 0. The van der Waals surface area contributed by atoms with Gasteiger partial charge in [0.15, 0.2) is 0 Å². The van der Waals surface area contributed by atoms with Crippen LogP contribution in [0.3, 0.4) is 0 Å². The minimum absolute atomic E-state index is 0.00485. The van der Waals surface area contributed by atoms with Crippen LogP contribution in [0.5, 0.6) is 23.0 Å². The Morgan fingerprint density at radius 2 is 1.24 bits per heavy atom. The van der Waals surface area contributed by atoms with Gasteiger partial charge in [0.05, 0.1) is 42.2 Å². The molecule has 0 unspecified atom stereocenters. The fourth-order valence-corrected chi connectivity index (χ4v) is 8.08. The molecule has 0 aromatic heterocycles. The zero-order valence-electron chi connectivity index (χ0n) is 25.6. The standard InChI is InChI=1S/C35H28N2O12/c1-49-26-12-16(38)4-7-20(26)27-17-8-9-21-28(32(43)36(30(21)41)14-2-5-18(34(45)46)24(39)10-14)22(17)13-23-29(27)33(44)37(31(23)42)15-3-6-19(35(47)48)25(40)11-15/h2-8,10-12,21-23,27-29,38-40H,9,13H2,1H3,(H,45,46)(H,47,48)/t21-,22+,23+,27+,28-,29+/m0/s1. The number of fused-ring (bicyclic) bond motifs is 4. The van der Waals surface area contributed by atoms with E-state index in [-0.39, 0.29) is 35.7 Å². The molecule has 1 saturated carbocycles. The minimum atomic E-state index is -1.40. The lowest BCUT2D eigenvalue weighted by Crippen LogP contribution is -2.43. The Kier molecular flexibility index (Phi) is 7.19. The van der Waals surface area contributed by atoms with E-state index in [9.17, 15) is 54.3 Å². The fourth-order valence-electron chi connectivity index (χ4n) is 8.08. The molecule has 2 aliphatic heterocycles. The van der Waals surface area contributed by atoms with Gasteiger partial charge in [0.25, 0.3) is 0 Å². The maximum Gasteiger partial charge on any atom is 0.339 e. The van der Waals surface area contributed by atoms with Crippen LogP contribution >= 0.6 is 0 Å². The average molecular weight is 669 g/mol. The Labute approximate surface area is 277 Å². The summed E-state index contributed by atoms with van der Waals surface area (Å²) in [4.78, 5) is 81.2. The number of benzene rings is 3. The number of ether oxygens (including phenoxy) is 1. The van der Waals surface area contributed by atoms with Gasteiger partial charge in [-0.1, -0.05) is 17.7 Å². The number of hydrogen-bond donors (Lipinski definition) is 5. The van der Waals surface area contributed by atoms with Crippen LogP contribution in [0.4, 0.5) is 11.4 Å². The first-order valence-electron chi connectivity index (χ1n) is 15.3. The van der Waals surface area contributed by atoms with Crippen LogP contribution in [0.25, 0.3) is 0 Å². The Bertz CT molecular complexity index is 2050. The Morgan fingerprint density at radius 3 is 1.78 bits per heavy atom. The monoisotopic (exact) mass is 668 g/mol. The van der Waals surface area contributed by atoms with Crippen LogP contribution < -0.4 is 14.5 Å². The number of anilines is 2. The van der Waals surface area contributed by atoms with E-state index in [0.29, 0.717) is 11.1 Å². The number of nitrogens with zero attached hydrogens (tertiary/aromatic N) is 2. The third-order valence-corrected chi connectivity index (χ3v) is 10.1. The topological polar surface area (TPSA) is 219 Å². The van der Waals surface area contributed by atoms with E-state index in [2.05, 4.69) is 0 Å². The molecule has 2 aliphatic carbocycles. The second-order valence-electron chi connectivity index (χ2n) is 12.5. The molecule has 49 heavy (non-hydrogen) atoms. The van der Waals surface area contributed by atoms with Crippen LogP contribution in [0.15, 0.2) is 66.2 Å². The summed E-state index contributed by atoms with van der Waals surface area (Å²) in [5, 5.41) is 49.6. The van der Waals surface area contributed by atoms with Crippen LogP contribution in [0.2, 0.25) is 0 Å². The third-order valence-electron chi connectivity index (χ3n) is 10.1. The Hall–Kier alpha value is -6.18. The first kappa shape index (κ1) is 31.4. The molecule has 0 bridgehead atoms. The van der Waals surface area contributed by atoms with Crippen LogP contribution in [-0.2, 0) is 19.2 Å².